The third kappa shape index (κ3) is 2.34. The fourth-order valence-electron chi connectivity index (χ4n) is 2.53. The van der Waals surface area contributed by atoms with Gasteiger partial charge in [-0.25, -0.2) is 0 Å². The predicted molar refractivity (Wildman–Crippen MR) is 62.9 cm³/mol. The number of halogens is 1. The summed E-state index contributed by atoms with van der Waals surface area (Å²) in [5.41, 5.74) is 0. The van der Waals surface area contributed by atoms with Gasteiger partial charge in [-0.2, -0.15) is 0 Å². The van der Waals surface area contributed by atoms with Gasteiger partial charge < -0.3 is 0 Å². The average Bonchev–Trinajstić information content (AvgIpc) is 1.82. The fraction of sp³-hybridized carbons (Fsp3) is 1.00. The fourth-order valence-corrected chi connectivity index (χ4v) is 4.00. The Morgan fingerprint density at radius 1 is 1.17 bits per heavy atom. The van der Waals surface area contributed by atoms with Crippen LogP contribution in [0.3, 0.4) is 0 Å². The van der Waals surface area contributed by atoms with Gasteiger partial charge in [-0.15, -0.1) is 0 Å². The molecule has 0 saturated carbocycles. The normalized spacial score (nSPS) is 39.0. The van der Waals surface area contributed by atoms with Crippen LogP contribution in [0.4, 0.5) is 0 Å². The number of piperidine rings is 1. The standard InChI is InChI=1S/C10H20IN/c1-7(2)12-8(3)5-10(11)6-9(12)4/h7-10H,5-6H2,1-4H3. The SMILES string of the molecule is CC(C)N1C(C)CC(I)CC1C. The molecule has 1 heterocycles. The molecule has 0 bridgehead atoms. The molecule has 0 aromatic rings. The molecule has 0 aromatic heterocycles. The average molecular weight is 281 g/mol. The molecule has 0 radical (unpaired) electrons. The maximum Gasteiger partial charge on any atom is 0.0139 e. The second-order valence-electron chi connectivity index (χ2n) is 4.31. The summed E-state index contributed by atoms with van der Waals surface area (Å²) in [5.74, 6) is 0. The van der Waals surface area contributed by atoms with Gasteiger partial charge in [-0.05, 0) is 40.5 Å². The summed E-state index contributed by atoms with van der Waals surface area (Å²) in [6, 6.07) is 2.25. The van der Waals surface area contributed by atoms with Crippen LogP contribution in [0.5, 0.6) is 0 Å². The quantitative estimate of drug-likeness (QED) is 0.527. The summed E-state index contributed by atoms with van der Waals surface area (Å²) < 4.78 is 0.891. The van der Waals surface area contributed by atoms with E-state index in [-0.39, 0.29) is 0 Å². The number of rotatable bonds is 1. The van der Waals surface area contributed by atoms with Crippen LogP contribution < -0.4 is 0 Å². The van der Waals surface area contributed by atoms with E-state index in [2.05, 4.69) is 55.2 Å². The van der Waals surface area contributed by atoms with Gasteiger partial charge in [-0.1, -0.05) is 22.6 Å². The third-order valence-corrected chi connectivity index (χ3v) is 3.82. The highest BCUT2D eigenvalue weighted by atomic mass is 127. The molecule has 1 nitrogen and oxygen atoms in total. The molecule has 1 saturated heterocycles. The van der Waals surface area contributed by atoms with Crippen LogP contribution in [0.25, 0.3) is 0 Å². The minimum absolute atomic E-state index is 0.707. The number of likely N-dealkylation sites (tertiary alicyclic amines) is 1. The highest BCUT2D eigenvalue weighted by Crippen LogP contribution is 2.29. The monoisotopic (exact) mass is 281 g/mol. The van der Waals surface area contributed by atoms with E-state index in [4.69, 9.17) is 0 Å². The Kier molecular flexibility index (Phi) is 3.83. The molecule has 0 aliphatic carbocycles. The third-order valence-electron chi connectivity index (χ3n) is 2.81. The first kappa shape index (κ1) is 10.8. The Bertz CT molecular complexity index is 135. The molecule has 0 spiro atoms. The molecular formula is C10H20IN. The maximum atomic E-state index is 2.65. The molecule has 1 fully saturated rings. The second-order valence-corrected chi connectivity index (χ2v) is 6.07. The van der Waals surface area contributed by atoms with Crippen molar-refractivity contribution in [2.45, 2.75) is 62.6 Å². The van der Waals surface area contributed by atoms with Gasteiger partial charge in [0, 0.05) is 22.1 Å². The van der Waals surface area contributed by atoms with Crippen LogP contribution in [0.2, 0.25) is 0 Å². The van der Waals surface area contributed by atoms with Gasteiger partial charge in [0.05, 0.1) is 0 Å². The first-order valence-corrected chi connectivity index (χ1v) is 6.18. The smallest absolute Gasteiger partial charge is 0.0139 e. The van der Waals surface area contributed by atoms with Crippen LogP contribution in [-0.2, 0) is 0 Å². The van der Waals surface area contributed by atoms with Crippen LogP contribution in [0.1, 0.15) is 40.5 Å². The molecule has 2 atom stereocenters. The largest absolute Gasteiger partial charge is 0.296 e. The lowest BCUT2D eigenvalue weighted by Gasteiger charge is -2.43. The van der Waals surface area contributed by atoms with Crippen molar-refractivity contribution in [3.63, 3.8) is 0 Å². The van der Waals surface area contributed by atoms with E-state index in [1.54, 1.807) is 0 Å². The number of hydrogen-bond donors (Lipinski definition) is 0. The van der Waals surface area contributed by atoms with Crippen molar-refractivity contribution in [2.75, 3.05) is 0 Å². The number of hydrogen-bond acceptors (Lipinski definition) is 1. The molecule has 72 valence electrons. The van der Waals surface area contributed by atoms with Crippen LogP contribution in [0.15, 0.2) is 0 Å². The molecule has 1 aliphatic heterocycles. The highest BCUT2D eigenvalue weighted by molar-refractivity contribution is 14.1. The van der Waals surface area contributed by atoms with Gasteiger partial charge in [0.25, 0.3) is 0 Å². The lowest BCUT2D eigenvalue weighted by atomic mass is 9.96. The molecule has 2 heteroatoms. The predicted octanol–water partition coefficient (Wildman–Crippen LogP) is 3.07. The molecule has 12 heavy (non-hydrogen) atoms. The maximum absolute atomic E-state index is 2.65. The van der Waals surface area contributed by atoms with E-state index in [9.17, 15) is 0 Å². The molecule has 0 aromatic carbocycles. The van der Waals surface area contributed by atoms with Gasteiger partial charge >= 0.3 is 0 Å². The van der Waals surface area contributed by atoms with E-state index < -0.39 is 0 Å². The van der Waals surface area contributed by atoms with Crippen molar-refractivity contribution in [3.05, 3.63) is 0 Å². The zero-order valence-electron chi connectivity index (χ0n) is 8.55. The molecule has 2 unspecified atom stereocenters. The first-order valence-electron chi connectivity index (χ1n) is 4.94. The molecule has 0 amide bonds. The lowest BCUT2D eigenvalue weighted by Crippen LogP contribution is -2.50. The van der Waals surface area contributed by atoms with Crippen LogP contribution in [0, 0.1) is 0 Å². The van der Waals surface area contributed by atoms with Crippen molar-refractivity contribution >= 4 is 22.6 Å². The summed E-state index contributed by atoms with van der Waals surface area (Å²) in [4.78, 5) is 2.65. The number of alkyl halides is 1. The summed E-state index contributed by atoms with van der Waals surface area (Å²) in [7, 11) is 0. The first-order chi connectivity index (χ1) is 5.52. The summed E-state index contributed by atoms with van der Waals surface area (Å²) in [6.07, 6.45) is 2.73. The summed E-state index contributed by atoms with van der Waals surface area (Å²) in [5, 5.41) is 0. The van der Waals surface area contributed by atoms with E-state index in [1.165, 1.54) is 12.8 Å². The summed E-state index contributed by atoms with van der Waals surface area (Å²) >= 11 is 2.59. The van der Waals surface area contributed by atoms with Crippen LogP contribution >= 0.6 is 22.6 Å². The van der Waals surface area contributed by atoms with Crippen LogP contribution in [-0.4, -0.2) is 27.0 Å². The zero-order chi connectivity index (χ0) is 9.30. The van der Waals surface area contributed by atoms with Crippen molar-refractivity contribution in [3.8, 4) is 0 Å². The Morgan fingerprint density at radius 3 is 1.92 bits per heavy atom. The lowest BCUT2D eigenvalue weighted by molar-refractivity contribution is 0.0758. The molecule has 0 N–H and O–H groups in total. The Balaban J connectivity index is 2.60. The van der Waals surface area contributed by atoms with Gasteiger partial charge in [0.1, 0.15) is 0 Å². The summed E-state index contributed by atoms with van der Waals surface area (Å²) in [6.45, 7) is 9.34. The number of nitrogens with zero attached hydrogens (tertiary/aromatic N) is 1. The minimum Gasteiger partial charge on any atom is -0.296 e. The van der Waals surface area contributed by atoms with Gasteiger partial charge in [0.15, 0.2) is 0 Å². The van der Waals surface area contributed by atoms with Gasteiger partial charge in [0.2, 0.25) is 0 Å². The van der Waals surface area contributed by atoms with Crippen molar-refractivity contribution < 1.29 is 0 Å². The zero-order valence-corrected chi connectivity index (χ0v) is 10.7. The Morgan fingerprint density at radius 2 is 1.58 bits per heavy atom. The van der Waals surface area contributed by atoms with E-state index >= 15 is 0 Å². The van der Waals surface area contributed by atoms with Crippen molar-refractivity contribution in [2.24, 2.45) is 0 Å². The molecule has 1 aliphatic rings. The minimum atomic E-state index is 0.707. The van der Waals surface area contributed by atoms with E-state index in [0.717, 1.165) is 16.0 Å². The Hall–Kier alpha value is 0.690. The molecular weight excluding hydrogens is 261 g/mol. The van der Waals surface area contributed by atoms with Crippen molar-refractivity contribution in [1.82, 2.24) is 4.90 Å². The second kappa shape index (κ2) is 4.27. The highest BCUT2D eigenvalue weighted by Gasteiger charge is 2.30. The van der Waals surface area contributed by atoms with Crippen molar-refractivity contribution in [1.29, 1.82) is 0 Å². The van der Waals surface area contributed by atoms with E-state index in [1.807, 2.05) is 0 Å². The van der Waals surface area contributed by atoms with E-state index in [0.29, 0.717) is 6.04 Å². The van der Waals surface area contributed by atoms with Gasteiger partial charge in [-0.3, -0.25) is 4.90 Å². The topological polar surface area (TPSA) is 3.24 Å². The molecule has 1 rings (SSSR count). The Labute approximate surface area is 90.0 Å².